The van der Waals surface area contributed by atoms with Crippen LogP contribution in [0.5, 0.6) is 0 Å². The van der Waals surface area contributed by atoms with Crippen LogP contribution in [-0.2, 0) is 0 Å². The van der Waals surface area contributed by atoms with Crippen molar-refractivity contribution >= 4 is 17.8 Å². The van der Waals surface area contributed by atoms with Gasteiger partial charge < -0.3 is 11.1 Å². The van der Waals surface area contributed by atoms with Gasteiger partial charge in [0.1, 0.15) is 0 Å². The van der Waals surface area contributed by atoms with Crippen molar-refractivity contribution in [2.75, 3.05) is 12.4 Å². The highest BCUT2D eigenvalue weighted by atomic mass is 16.2. The summed E-state index contributed by atoms with van der Waals surface area (Å²) in [5.41, 5.74) is 5.00. The standard InChI is InChI=1S/C7H9N5O2/c1-9-7(14)10-5-3-2-4(6(8)13)11-12-5/h2-3H,1H3,(H2,8,13)(H2,9,10,12,14). The molecule has 0 aromatic carbocycles. The average Bonchev–Trinajstić information content (AvgIpc) is 2.18. The summed E-state index contributed by atoms with van der Waals surface area (Å²) >= 11 is 0. The van der Waals surface area contributed by atoms with Crippen molar-refractivity contribution in [2.45, 2.75) is 0 Å². The minimum Gasteiger partial charge on any atom is -0.364 e. The van der Waals surface area contributed by atoms with Crippen LogP contribution >= 0.6 is 0 Å². The average molecular weight is 195 g/mol. The van der Waals surface area contributed by atoms with Gasteiger partial charge in [-0.15, -0.1) is 10.2 Å². The van der Waals surface area contributed by atoms with E-state index < -0.39 is 11.9 Å². The van der Waals surface area contributed by atoms with Gasteiger partial charge in [-0.3, -0.25) is 10.1 Å². The van der Waals surface area contributed by atoms with E-state index in [1.807, 2.05) is 0 Å². The highest BCUT2D eigenvalue weighted by molar-refractivity contribution is 5.91. The Kier molecular flexibility index (Phi) is 2.95. The van der Waals surface area contributed by atoms with Gasteiger partial charge in [0.05, 0.1) is 0 Å². The molecular formula is C7H9N5O2. The highest BCUT2D eigenvalue weighted by Crippen LogP contribution is 2.00. The zero-order valence-corrected chi connectivity index (χ0v) is 7.44. The Labute approximate surface area is 79.7 Å². The van der Waals surface area contributed by atoms with E-state index in [9.17, 15) is 9.59 Å². The summed E-state index contributed by atoms with van der Waals surface area (Å²) in [6.45, 7) is 0. The quantitative estimate of drug-likeness (QED) is 0.581. The van der Waals surface area contributed by atoms with E-state index in [0.717, 1.165) is 0 Å². The molecule has 3 amide bonds. The zero-order valence-electron chi connectivity index (χ0n) is 7.44. The van der Waals surface area contributed by atoms with Crippen molar-refractivity contribution in [3.8, 4) is 0 Å². The second kappa shape index (κ2) is 4.17. The fraction of sp³-hybridized carbons (Fsp3) is 0.143. The third-order valence-electron chi connectivity index (χ3n) is 1.39. The van der Waals surface area contributed by atoms with Crippen LogP contribution in [0, 0.1) is 0 Å². The van der Waals surface area contributed by atoms with Gasteiger partial charge in [-0.2, -0.15) is 0 Å². The smallest absolute Gasteiger partial charge is 0.320 e. The topological polar surface area (TPSA) is 110 Å². The first kappa shape index (κ1) is 9.90. The number of aromatic nitrogens is 2. The first-order valence-electron chi connectivity index (χ1n) is 3.75. The van der Waals surface area contributed by atoms with Crippen LogP contribution in [0.4, 0.5) is 10.6 Å². The summed E-state index contributed by atoms with van der Waals surface area (Å²) in [4.78, 5) is 21.4. The van der Waals surface area contributed by atoms with Crippen molar-refractivity contribution in [1.29, 1.82) is 0 Å². The maximum atomic E-state index is 10.8. The third-order valence-corrected chi connectivity index (χ3v) is 1.39. The molecule has 0 saturated carbocycles. The fourth-order valence-corrected chi connectivity index (χ4v) is 0.709. The predicted octanol–water partition coefficient (Wildman–Crippen LogP) is -0.673. The minimum absolute atomic E-state index is 0.0486. The summed E-state index contributed by atoms with van der Waals surface area (Å²) in [7, 11) is 1.47. The Morgan fingerprint density at radius 2 is 2.07 bits per heavy atom. The predicted molar refractivity (Wildman–Crippen MR) is 48.6 cm³/mol. The number of amides is 3. The number of nitrogens with zero attached hydrogens (tertiary/aromatic N) is 2. The Morgan fingerprint density at radius 1 is 1.36 bits per heavy atom. The SMILES string of the molecule is CNC(=O)Nc1ccc(C(N)=O)nn1. The van der Waals surface area contributed by atoms with Crippen molar-refractivity contribution in [2.24, 2.45) is 5.73 Å². The molecule has 7 heteroatoms. The molecule has 0 aliphatic rings. The van der Waals surface area contributed by atoms with Gasteiger partial charge in [-0.05, 0) is 12.1 Å². The number of carbonyl (C=O) groups is 2. The Morgan fingerprint density at radius 3 is 2.50 bits per heavy atom. The molecule has 4 N–H and O–H groups in total. The summed E-state index contributed by atoms with van der Waals surface area (Å²) in [6.07, 6.45) is 0. The van der Waals surface area contributed by atoms with E-state index >= 15 is 0 Å². The van der Waals surface area contributed by atoms with Gasteiger partial charge in [-0.25, -0.2) is 4.79 Å². The monoisotopic (exact) mass is 195 g/mol. The molecule has 1 aromatic rings. The van der Waals surface area contributed by atoms with E-state index in [1.54, 1.807) is 0 Å². The molecule has 1 aromatic heterocycles. The van der Waals surface area contributed by atoms with Crippen LogP contribution in [0.3, 0.4) is 0 Å². The lowest BCUT2D eigenvalue weighted by Gasteiger charge is -2.01. The summed E-state index contributed by atoms with van der Waals surface area (Å²) in [5.74, 6) is -0.418. The number of primary amides is 1. The number of hydrogen-bond acceptors (Lipinski definition) is 4. The lowest BCUT2D eigenvalue weighted by molar-refractivity contribution is 0.0994. The first-order chi connectivity index (χ1) is 6.63. The van der Waals surface area contributed by atoms with Gasteiger partial charge in [0.25, 0.3) is 5.91 Å². The molecule has 0 aliphatic carbocycles. The number of nitrogens with two attached hydrogens (primary N) is 1. The van der Waals surface area contributed by atoms with Gasteiger partial charge in [0.15, 0.2) is 11.5 Å². The maximum absolute atomic E-state index is 10.8. The molecule has 0 aliphatic heterocycles. The molecule has 0 unspecified atom stereocenters. The lowest BCUT2D eigenvalue weighted by atomic mass is 10.4. The number of hydrogen-bond donors (Lipinski definition) is 3. The van der Waals surface area contributed by atoms with E-state index in [-0.39, 0.29) is 11.5 Å². The molecule has 74 valence electrons. The summed E-state index contributed by atoms with van der Waals surface area (Å²) in [5, 5.41) is 11.8. The first-order valence-corrected chi connectivity index (χ1v) is 3.75. The largest absolute Gasteiger partial charge is 0.364 e. The molecule has 0 spiro atoms. The molecule has 14 heavy (non-hydrogen) atoms. The van der Waals surface area contributed by atoms with Crippen LogP contribution in [0.1, 0.15) is 10.5 Å². The molecule has 0 bridgehead atoms. The minimum atomic E-state index is -0.663. The normalized spacial score (nSPS) is 9.21. The van der Waals surface area contributed by atoms with Crippen LogP contribution in [0.15, 0.2) is 12.1 Å². The van der Waals surface area contributed by atoms with E-state index in [2.05, 4.69) is 20.8 Å². The van der Waals surface area contributed by atoms with Gasteiger partial charge >= 0.3 is 6.03 Å². The molecule has 1 rings (SSSR count). The van der Waals surface area contributed by atoms with Crippen molar-refractivity contribution in [3.63, 3.8) is 0 Å². The van der Waals surface area contributed by atoms with Crippen molar-refractivity contribution in [3.05, 3.63) is 17.8 Å². The van der Waals surface area contributed by atoms with Crippen LogP contribution in [-0.4, -0.2) is 29.2 Å². The Bertz CT molecular complexity index is 348. The summed E-state index contributed by atoms with van der Waals surface area (Å²) in [6, 6.07) is 2.40. The molecular weight excluding hydrogens is 186 g/mol. The van der Waals surface area contributed by atoms with Crippen molar-refractivity contribution in [1.82, 2.24) is 15.5 Å². The Hall–Kier alpha value is -2.18. The second-order valence-corrected chi connectivity index (χ2v) is 2.37. The number of anilines is 1. The lowest BCUT2D eigenvalue weighted by Crippen LogP contribution is -2.25. The van der Waals surface area contributed by atoms with E-state index in [0.29, 0.717) is 0 Å². The molecule has 0 saturated heterocycles. The van der Waals surface area contributed by atoms with E-state index in [1.165, 1.54) is 19.2 Å². The Balaban J connectivity index is 2.73. The molecule has 0 radical (unpaired) electrons. The fourth-order valence-electron chi connectivity index (χ4n) is 0.709. The van der Waals surface area contributed by atoms with Gasteiger partial charge in [-0.1, -0.05) is 0 Å². The molecule has 0 atom stereocenters. The number of carbonyl (C=O) groups excluding carboxylic acids is 2. The highest BCUT2D eigenvalue weighted by Gasteiger charge is 2.04. The van der Waals surface area contributed by atoms with Gasteiger partial charge in [0.2, 0.25) is 0 Å². The zero-order chi connectivity index (χ0) is 10.6. The molecule has 1 heterocycles. The maximum Gasteiger partial charge on any atom is 0.320 e. The number of urea groups is 1. The van der Waals surface area contributed by atoms with E-state index in [4.69, 9.17) is 5.73 Å². The van der Waals surface area contributed by atoms with Crippen LogP contribution in [0.25, 0.3) is 0 Å². The van der Waals surface area contributed by atoms with Crippen molar-refractivity contribution < 1.29 is 9.59 Å². The third kappa shape index (κ3) is 2.41. The number of rotatable bonds is 2. The number of nitrogens with one attached hydrogen (secondary N) is 2. The molecule has 7 nitrogen and oxygen atoms in total. The molecule has 0 fully saturated rings. The summed E-state index contributed by atoms with van der Waals surface area (Å²) < 4.78 is 0. The van der Waals surface area contributed by atoms with Gasteiger partial charge in [0, 0.05) is 7.05 Å². The van der Waals surface area contributed by atoms with Crippen LogP contribution < -0.4 is 16.4 Å². The van der Waals surface area contributed by atoms with Crippen LogP contribution in [0.2, 0.25) is 0 Å². The second-order valence-electron chi connectivity index (χ2n) is 2.37.